The Morgan fingerprint density at radius 3 is 2.30 bits per heavy atom. The maximum absolute atomic E-state index is 3.41. The first-order chi connectivity index (χ1) is 4.66. The number of hydrogen-bond acceptors (Lipinski definition) is 2. The molecule has 0 spiro atoms. The van der Waals surface area contributed by atoms with Gasteiger partial charge in [0.15, 0.2) is 0 Å². The topological polar surface area (TPSA) is 12.0 Å². The predicted octanol–water partition coefficient (Wildman–Crippen LogP) is 2.13. The van der Waals surface area contributed by atoms with Crippen LogP contribution in [0.3, 0.4) is 0 Å². The normalized spacial score (nSPS) is 14.1. The minimum Gasteiger partial charge on any atom is -0.313 e. The van der Waals surface area contributed by atoms with Crippen LogP contribution in [0.1, 0.15) is 27.7 Å². The van der Waals surface area contributed by atoms with E-state index in [1.54, 1.807) is 0 Å². The lowest BCUT2D eigenvalue weighted by Crippen LogP contribution is -2.29. The summed E-state index contributed by atoms with van der Waals surface area (Å²) in [7, 11) is 0. The SMILES string of the molecule is CCSC(C)CNC(C)C. The van der Waals surface area contributed by atoms with Crippen LogP contribution in [0.25, 0.3) is 0 Å². The molecule has 0 saturated carbocycles. The molecule has 0 radical (unpaired) electrons. The third-order valence-corrected chi connectivity index (χ3v) is 2.33. The van der Waals surface area contributed by atoms with E-state index in [-0.39, 0.29) is 0 Å². The highest BCUT2D eigenvalue weighted by atomic mass is 32.2. The zero-order valence-electron chi connectivity index (χ0n) is 7.48. The van der Waals surface area contributed by atoms with E-state index in [9.17, 15) is 0 Å². The Morgan fingerprint density at radius 2 is 1.90 bits per heavy atom. The molecule has 1 unspecified atom stereocenters. The first-order valence-corrected chi connectivity index (χ1v) is 5.06. The largest absolute Gasteiger partial charge is 0.313 e. The van der Waals surface area contributed by atoms with Crippen molar-refractivity contribution < 1.29 is 0 Å². The summed E-state index contributed by atoms with van der Waals surface area (Å²) in [6.45, 7) is 9.98. The number of nitrogens with one attached hydrogen (secondary N) is 1. The van der Waals surface area contributed by atoms with Gasteiger partial charge in [0, 0.05) is 17.8 Å². The molecule has 62 valence electrons. The first-order valence-electron chi connectivity index (χ1n) is 4.01. The molecule has 0 heterocycles. The van der Waals surface area contributed by atoms with E-state index >= 15 is 0 Å². The van der Waals surface area contributed by atoms with E-state index in [0.717, 1.165) is 11.8 Å². The molecule has 1 nitrogen and oxygen atoms in total. The van der Waals surface area contributed by atoms with Crippen molar-refractivity contribution >= 4 is 11.8 Å². The van der Waals surface area contributed by atoms with E-state index < -0.39 is 0 Å². The van der Waals surface area contributed by atoms with Crippen LogP contribution in [0.4, 0.5) is 0 Å². The Labute approximate surface area is 69.0 Å². The molecule has 0 aliphatic carbocycles. The smallest absolute Gasteiger partial charge is 0.0144 e. The van der Waals surface area contributed by atoms with Crippen LogP contribution in [-0.4, -0.2) is 23.6 Å². The summed E-state index contributed by atoms with van der Waals surface area (Å²) < 4.78 is 0. The molecule has 0 rings (SSSR count). The van der Waals surface area contributed by atoms with Crippen LogP contribution in [0.15, 0.2) is 0 Å². The van der Waals surface area contributed by atoms with Gasteiger partial charge in [-0.05, 0) is 5.75 Å². The maximum atomic E-state index is 3.41. The second kappa shape index (κ2) is 6.05. The Bertz CT molecular complexity index is 73.7. The molecule has 0 aliphatic heterocycles. The van der Waals surface area contributed by atoms with Gasteiger partial charge >= 0.3 is 0 Å². The molecular weight excluding hydrogens is 142 g/mol. The fourth-order valence-electron chi connectivity index (χ4n) is 0.745. The van der Waals surface area contributed by atoms with E-state index in [1.807, 2.05) is 11.8 Å². The minimum absolute atomic E-state index is 0.625. The fourth-order valence-corrected chi connectivity index (χ4v) is 1.53. The number of hydrogen-bond donors (Lipinski definition) is 1. The summed E-state index contributed by atoms with van der Waals surface area (Å²) in [4.78, 5) is 0. The van der Waals surface area contributed by atoms with Crippen LogP contribution >= 0.6 is 11.8 Å². The van der Waals surface area contributed by atoms with E-state index in [0.29, 0.717) is 6.04 Å². The zero-order valence-corrected chi connectivity index (χ0v) is 8.29. The second-order valence-corrected chi connectivity index (χ2v) is 4.54. The van der Waals surface area contributed by atoms with Crippen molar-refractivity contribution in [3.63, 3.8) is 0 Å². The Balaban J connectivity index is 3.12. The first kappa shape index (κ1) is 10.3. The summed E-state index contributed by atoms with van der Waals surface area (Å²) in [6, 6.07) is 0.625. The van der Waals surface area contributed by atoms with Gasteiger partial charge in [0.1, 0.15) is 0 Å². The van der Waals surface area contributed by atoms with Crippen molar-refractivity contribution in [1.82, 2.24) is 5.32 Å². The van der Waals surface area contributed by atoms with Gasteiger partial charge in [-0.1, -0.05) is 27.7 Å². The molecule has 0 bridgehead atoms. The van der Waals surface area contributed by atoms with Crippen molar-refractivity contribution in [3.8, 4) is 0 Å². The van der Waals surface area contributed by atoms with Gasteiger partial charge in [-0.15, -0.1) is 0 Å². The standard InChI is InChI=1S/C8H19NS/c1-5-10-8(4)6-9-7(2)3/h7-9H,5-6H2,1-4H3. The summed E-state index contributed by atoms with van der Waals surface area (Å²) in [5.74, 6) is 1.22. The lowest BCUT2D eigenvalue weighted by atomic mass is 10.3. The minimum atomic E-state index is 0.625. The molecule has 1 N–H and O–H groups in total. The summed E-state index contributed by atoms with van der Waals surface area (Å²) in [5, 5.41) is 4.17. The molecule has 0 aromatic carbocycles. The highest BCUT2D eigenvalue weighted by Crippen LogP contribution is 2.07. The van der Waals surface area contributed by atoms with Crippen molar-refractivity contribution in [2.45, 2.75) is 39.0 Å². The molecule has 1 atom stereocenters. The third kappa shape index (κ3) is 6.43. The molecule has 0 aromatic heterocycles. The van der Waals surface area contributed by atoms with E-state index in [2.05, 4.69) is 33.0 Å². The molecule has 0 fully saturated rings. The Kier molecular flexibility index (Phi) is 6.24. The molecule has 10 heavy (non-hydrogen) atoms. The van der Waals surface area contributed by atoms with Gasteiger partial charge in [0.05, 0.1) is 0 Å². The maximum Gasteiger partial charge on any atom is 0.0144 e. The second-order valence-electron chi connectivity index (χ2n) is 2.83. The summed E-state index contributed by atoms with van der Waals surface area (Å²) >= 11 is 2.01. The summed E-state index contributed by atoms with van der Waals surface area (Å²) in [5.41, 5.74) is 0. The number of thioether (sulfide) groups is 1. The van der Waals surface area contributed by atoms with E-state index in [4.69, 9.17) is 0 Å². The van der Waals surface area contributed by atoms with Crippen LogP contribution in [0, 0.1) is 0 Å². The zero-order chi connectivity index (χ0) is 7.98. The lowest BCUT2D eigenvalue weighted by Gasteiger charge is -2.13. The molecular formula is C8H19NS. The monoisotopic (exact) mass is 161 g/mol. The van der Waals surface area contributed by atoms with E-state index in [1.165, 1.54) is 5.75 Å². The highest BCUT2D eigenvalue weighted by molar-refractivity contribution is 7.99. The van der Waals surface area contributed by atoms with Gasteiger partial charge in [0.2, 0.25) is 0 Å². The summed E-state index contributed by atoms with van der Waals surface area (Å²) in [6.07, 6.45) is 0. The molecule has 0 amide bonds. The van der Waals surface area contributed by atoms with Gasteiger partial charge in [0.25, 0.3) is 0 Å². The van der Waals surface area contributed by atoms with Crippen LogP contribution in [0.5, 0.6) is 0 Å². The molecule has 2 heteroatoms. The third-order valence-electron chi connectivity index (χ3n) is 1.26. The van der Waals surface area contributed by atoms with Crippen molar-refractivity contribution in [3.05, 3.63) is 0 Å². The molecule has 0 saturated heterocycles. The van der Waals surface area contributed by atoms with Crippen LogP contribution < -0.4 is 5.32 Å². The van der Waals surface area contributed by atoms with Crippen molar-refractivity contribution in [2.75, 3.05) is 12.3 Å². The Hall–Kier alpha value is 0.310. The fraction of sp³-hybridized carbons (Fsp3) is 1.00. The predicted molar refractivity (Wildman–Crippen MR) is 50.7 cm³/mol. The van der Waals surface area contributed by atoms with Gasteiger partial charge in [-0.2, -0.15) is 11.8 Å². The molecule has 0 aromatic rings. The van der Waals surface area contributed by atoms with Crippen molar-refractivity contribution in [2.24, 2.45) is 0 Å². The van der Waals surface area contributed by atoms with Crippen LogP contribution in [0.2, 0.25) is 0 Å². The molecule has 0 aliphatic rings. The van der Waals surface area contributed by atoms with Gasteiger partial charge < -0.3 is 5.32 Å². The van der Waals surface area contributed by atoms with Crippen molar-refractivity contribution in [1.29, 1.82) is 0 Å². The average molecular weight is 161 g/mol. The van der Waals surface area contributed by atoms with Gasteiger partial charge in [-0.3, -0.25) is 0 Å². The lowest BCUT2D eigenvalue weighted by molar-refractivity contribution is 0.589. The highest BCUT2D eigenvalue weighted by Gasteiger charge is 2.00. The van der Waals surface area contributed by atoms with Crippen LogP contribution in [-0.2, 0) is 0 Å². The van der Waals surface area contributed by atoms with Gasteiger partial charge in [-0.25, -0.2) is 0 Å². The Morgan fingerprint density at radius 1 is 1.30 bits per heavy atom. The average Bonchev–Trinajstić information content (AvgIpc) is 1.85. The quantitative estimate of drug-likeness (QED) is 0.663. The number of rotatable bonds is 5.